The molecule has 0 saturated heterocycles. The summed E-state index contributed by atoms with van der Waals surface area (Å²) in [5.74, 6) is -2.82. The second-order valence-electron chi connectivity index (χ2n) is 7.50. The van der Waals surface area contributed by atoms with Crippen LogP contribution in [0.15, 0.2) is 78.9 Å². The van der Waals surface area contributed by atoms with Crippen LogP contribution in [-0.4, -0.2) is 4.86 Å². The first-order valence-corrected chi connectivity index (χ1v) is 10.9. The van der Waals surface area contributed by atoms with Crippen molar-refractivity contribution in [2.24, 2.45) is 0 Å². The molecule has 2 rings (SSSR count). The van der Waals surface area contributed by atoms with Crippen LogP contribution in [0.25, 0.3) is 17.2 Å². The lowest BCUT2D eigenvalue weighted by atomic mass is 9.98. The Balaban J connectivity index is 0.000000967. The highest BCUT2D eigenvalue weighted by molar-refractivity contribution is 7.80. The van der Waals surface area contributed by atoms with E-state index in [2.05, 4.69) is 45.3 Å². The molecule has 0 spiro atoms. The van der Waals surface area contributed by atoms with Gasteiger partial charge in [0.05, 0.1) is 0 Å². The third-order valence-electron chi connectivity index (χ3n) is 4.17. The van der Waals surface area contributed by atoms with E-state index in [0.717, 1.165) is 46.9 Å². The SMILES string of the molecule is C=C(C)/C(=C/c1ccc(-c2cccc(C(C)(F)F)c2)cc1)CC.C=CCC.CC(C)=S. The Morgan fingerprint density at radius 3 is 1.90 bits per heavy atom. The van der Waals surface area contributed by atoms with Crippen molar-refractivity contribution in [2.75, 3.05) is 0 Å². The molecule has 3 heteroatoms. The number of thiocarbonyl (C=S) groups is 1. The van der Waals surface area contributed by atoms with Gasteiger partial charge >= 0.3 is 0 Å². The second kappa shape index (κ2) is 14.6. The summed E-state index contributed by atoms with van der Waals surface area (Å²) < 4.78 is 26.9. The summed E-state index contributed by atoms with van der Waals surface area (Å²) in [6.45, 7) is 18.3. The minimum absolute atomic E-state index is 0.0366. The van der Waals surface area contributed by atoms with Crippen molar-refractivity contribution in [3.05, 3.63) is 90.0 Å². The monoisotopic (exact) mass is 442 g/mol. The van der Waals surface area contributed by atoms with Crippen LogP contribution in [0.2, 0.25) is 0 Å². The fourth-order valence-electron chi connectivity index (χ4n) is 2.47. The van der Waals surface area contributed by atoms with Crippen LogP contribution in [-0.2, 0) is 5.92 Å². The van der Waals surface area contributed by atoms with Gasteiger partial charge in [-0.25, -0.2) is 8.78 Å². The number of hydrogen-bond acceptors (Lipinski definition) is 1. The lowest BCUT2D eigenvalue weighted by Gasteiger charge is -2.12. The minimum Gasteiger partial charge on any atom is -0.202 e. The molecule has 0 aliphatic carbocycles. The summed E-state index contributed by atoms with van der Waals surface area (Å²) in [5, 5.41) is 0. The molecule has 31 heavy (non-hydrogen) atoms. The fourth-order valence-corrected chi connectivity index (χ4v) is 2.47. The summed E-state index contributed by atoms with van der Waals surface area (Å²) >= 11 is 4.54. The highest BCUT2D eigenvalue weighted by Crippen LogP contribution is 2.30. The first kappa shape index (κ1) is 28.6. The predicted molar refractivity (Wildman–Crippen MR) is 139 cm³/mol. The molecule has 2 aromatic carbocycles. The van der Waals surface area contributed by atoms with Gasteiger partial charge in [0.25, 0.3) is 5.92 Å². The van der Waals surface area contributed by atoms with Crippen LogP contribution in [0, 0.1) is 0 Å². The third-order valence-corrected chi connectivity index (χ3v) is 4.17. The molecular formula is C28H36F2S. The standard InChI is InChI=1S/C21H22F2.C4H8.C3H6S/c1-5-17(15(2)3)13-16-9-11-18(12-10-16)19-7-6-8-20(14-19)21(4,22)23;1-3-4-2;1-3(2)4/h6-14H,2,5H2,1,3-4H3;3H,1,4H2,2H3;1-2H3/b17-13+;;. The van der Waals surface area contributed by atoms with Crippen LogP contribution < -0.4 is 0 Å². The van der Waals surface area contributed by atoms with Gasteiger partial charge in [0, 0.05) is 12.5 Å². The zero-order valence-corrected chi connectivity index (χ0v) is 20.6. The molecule has 0 saturated carbocycles. The van der Waals surface area contributed by atoms with Gasteiger partial charge in [0.15, 0.2) is 0 Å². The van der Waals surface area contributed by atoms with Crippen molar-refractivity contribution in [3.8, 4) is 11.1 Å². The van der Waals surface area contributed by atoms with Gasteiger partial charge in [-0.2, -0.15) is 0 Å². The molecule has 0 aliphatic rings. The molecule has 2 aromatic rings. The van der Waals surface area contributed by atoms with Crippen molar-refractivity contribution in [2.45, 2.75) is 60.3 Å². The van der Waals surface area contributed by atoms with Crippen molar-refractivity contribution in [1.82, 2.24) is 0 Å². The van der Waals surface area contributed by atoms with E-state index in [1.807, 2.05) is 57.2 Å². The van der Waals surface area contributed by atoms with Crippen LogP contribution in [0.3, 0.4) is 0 Å². The Kier molecular flexibility index (Phi) is 13.5. The molecule has 0 heterocycles. The summed E-state index contributed by atoms with van der Waals surface area (Å²) in [5.41, 5.74) is 5.14. The molecule has 0 radical (unpaired) electrons. The van der Waals surface area contributed by atoms with Crippen molar-refractivity contribution in [3.63, 3.8) is 0 Å². The molecule has 0 atom stereocenters. The van der Waals surface area contributed by atoms with E-state index in [4.69, 9.17) is 0 Å². The largest absolute Gasteiger partial charge is 0.270 e. The average molecular weight is 443 g/mol. The van der Waals surface area contributed by atoms with Gasteiger partial charge in [-0.05, 0) is 66.8 Å². The molecule has 0 unspecified atom stereocenters. The Hall–Kier alpha value is -2.39. The van der Waals surface area contributed by atoms with Gasteiger partial charge in [-0.3, -0.25) is 0 Å². The van der Waals surface area contributed by atoms with Crippen molar-refractivity contribution >= 4 is 23.2 Å². The first-order chi connectivity index (χ1) is 14.5. The lowest BCUT2D eigenvalue weighted by Crippen LogP contribution is -2.06. The van der Waals surface area contributed by atoms with E-state index in [-0.39, 0.29) is 5.56 Å². The second-order valence-corrected chi connectivity index (χ2v) is 8.32. The summed E-state index contributed by atoms with van der Waals surface area (Å²) in [6, 6.07) is 14.5. The van der Waals surface area contributed by atoms with Crippen LogP contribution in [0.4, 0.5) is 8.78 Å². The van der Waals surface area contributed by atoms with Crippen molar-refractivity contribution < 1.29 is 8.78 Å². The van der Waals surface area contributed by atoms with Crippen LogP contribution in [0.5, 0.6) is 0 Å². The summed E-state index contributed by atoms with van der Waals surface area (Å²) in [7, 11) is 0. The number of halogens is 2. The minimum atomic E-state index is -2.82. The highest BCUT2D eigenvalue weighted by atomic mass is 32.1. The molecular weight excluding hydrogens is 406 g/mol. The quantitative estimate of drug-likeness (QED) is 0.244. The van der Waals surface area contributed by atoms with Gasteiger partial charge in [0.2, 0.25) is 0 Å². The molecule has 0 aliphatic heterocycles. The third kappa shape index (κ3) is 12.1. The number of benzene rings is 2. The zero-order chi connectivity index (χ0) is 24.0. The van der Waals surface area contributed by atoms with E-state index < -0.39 is 5.92 Å². The number of hydrogen-bond donors (Lipinski definition) is 0. The van der Waals surface area contributed by atoms with Gasteiger partial charge in [-0.15, -0.1) is 6.58 Å². The zero-order valence-electron chi connectivity index (χ0n) is 19.8. The van der Waals surface area contributed by atoms with Gasteiger partial charge in [-0.1, -0.05) is 92.8 Å². The number of rotatable bonds is 6. The predicted octanol–water partition coefficient (Wildman–Crippen LogP) is 9.81. The summed E-state index contributed by atoms with van der Waals surface area (Å²) in [6.07, 6.45) is 6.01. The van der Waals surface area contributed by atoms with E-state index in [9.17, 15) is 8.78 Å². The lowest BCUT2D eigenvalue weighted by molar-refractivity contribution is 0.0175. The van der Waals surface area contributed by atoms with Crippen LogP contribution in [0.1, 0.15) is 65.5 Å². The molecule has 0 N–H and O–H groups in total. The maximum atomic E-state index is 13.5. The molecule has 0 fully saturated rings. The Labute approximate surface area is 193 Å². The maximum Gasteiger partial charge on any atom is 0.270 e. The molecule has 0 bridgehead atoms. The number of alkyl halides is 2. The molecule has 0 nitrogen and oxygen atoms in total. The Morgan fingerprint density at radius 1 is 1.00 bits per heavy atom. The normalized spacial score (nSPS) is 10.8. The van der Waals surface area contributed by atoms with Gasteiger partial charge < -0.3 is 0 Å². The van der Waals surface area contributed by atoms with E-state index in [1.165, 1.54) is 11.6 Å². The van der Waals surface area contributed by atoms with Crippen LogP contribution >= 0.6 is 12.2 Å². The molecule has 0 aromatic heterocycles. The topological polar surface area (TPSA) is 0 Å². The number of allylic oxidation sites excluding steroid dienone is 3. The average Bonchev–Trinajstić information content (AvgIpc) is 2.71. The van der Waals surface area contributed by atoms with Crippen molar-refractivity contribution in [1.29, 1.82) is 0 Å². The molecule has 0 amide bonds. The fraction of sp³-hybridized carbons (Fsp3) is 0.321. The summed E-state index contributed by atoms with van der Waals surface area (Å²) in [4.78, 5) is 1.00. The van der Waals surface area contributed by atoms with Gasteiger partial charge in [0.1, 0.15) is 0 Å². The highest BCUT2D eigenvalue weighted by Gasteiger charge is 2.24. The Bertz CT molecular complexity index is 865. The molecule has 168 valence electrons. The van der Waals surface area contributed by atoms with E-state index in [0.29, 0.717) is 0 Å². The maximum absolute atomic E-state index is 13.5. The first-order valence-electron chi connectivity index (χ1n) is 10.5. The van der Waals surface area contributed by atoms with E-state index >= 15 is 0 Å². The Morgan fingerprint density at radius 2 is 1.52 bits per heavy atom. The van der Waals surface area contributed by atoms with E-state index in [1.54, 1.807) is 12.1 Å². The smallest absolute Gasteiger partial charge is 0.202 e.